The molecule has 2 aliphatic rings. The minimum atomic E-state index is 0.0168. The normalized spacial score (nSPS) is 32.1. The van der Waals surface area contributed by atoms with E-state index in [-0.39, 0.29) is 6.04 Å². The Morgan fingerprint density at radius 2 is 2.06 bits per heavy atom. The summed E-state index contributed by atoms with van der Waals surface area (Å²) >= 11 is 0. The molecule has 0 bridgehead atoms. The van der Waals surface area contributed by atoms with Crippen LogP contribution in [0.2, 0.25) is 0 Å². The molecule has 2 atom stereocenters. The molecule has 1 aliphatic heterocycles. The van der Waals surface area contributed by atoms with Gasteiger partial charge in [0.25, 0.3) is 0 Å². The number of hydrogen-bond acceptors (Lipinski definition) is 2. The maximum Gasteiger partial charge on any atom is 0.240 e. The molecule has 0 spiro atoms. The fourth-order valence-corrected chi connectivity index (χ4v) is 2.91. The third-order valence-corrected chi connectivity index (χ3v) is 3.91. The molecule has 3 heteroatoms. The van der Waals surface area contributed by atoms with Crippen LogP contribution in [0.25, 0.3) is 0 Å². The summed E-state index contributed by atoms with van der Waals surface area (Å²) in [4.78, 5) is 14.5. The van der Waals surface area contributed by atoms with Gasteiger partial charge in [-0.1, -0.05) is 19.1 Å². The highest BCUT2D eigenvalue weighted by Crippen LogP contribution is 2.24. The number of hydrogen-bond donors (Lipinski definition) is 1. The highest BCUT2D eigenvalue weighted by atomic mass is 16.2. The van der Waals surface area contributed by atoms with Crippen LogP contribution in [0.5, 0.6) is 0 Å². The average molecular weight is 222 g/mol. The van der Waals surface area contributed by atoms with Crippen LogP contribution in [0.4, 0.5) is 0 Å². The lowest BCUT2D eigenvalue weighted by Crippen LogP contribution is -2.50. The zero-order valence-electron chi connectivity index (χ0n) is 10.3. The smallest absolute Gasteiger partial charge is 0.240 e. The molecule has 0 saturated carbocycles. The molecule has 1 fully saturated rings. The number of nitrogens with one attached hydrogen (secondary N) is 1. The van der Waals surface area contributed by atoms with E-state index < -0.39 is 0 Å². The van der Waals surface area contributed by atoms with Crippen molar-refractivity contribution in [2.45, 2.75) is 44.7 Å². The Balaban J connectivity index is 2.09. The zero-order chi connectivity index (χ0) is 11.5. The molecular formula is C13H22N2O. The predicted octanol–water partition coefficient (Wildman–Crippen LogP) is 1.55. The van der Waals surface area contributed by atoms with Crippen molar-refractivity contribution in [3.05, 3.63) is 12.2 Å². The summed E-state index contributed by atoms with van der Waals surface area (Å²) in [5.74, 6) is 0.762. The molecule has 0 radical (unpaired) electrons. The Hall–Kier alpha value is -0.830. The fraction of sp³-hybridized carbons (Fsp3) is 0.769. The van der Waals surface area contributed by atoms with E-state index in [9.17, 15) is 4.79 Å². The monoisotopic (exact) mass is 222 g/mol. The highest BCUT2D eigenvalue weighted by molar-refractivity contribution is 5.82. The van der Waals surface area contributed by atoms with Gasteiger partial charge in [0.15, 0.2) is 0 Å². The lowest BCUT2D eigenvalue weighted by Gasteiger charge is -2.31. The molecule has 0 aromatic carbocycles. The van der Waals surface area contributed by atoms with E-state index in [1.54, 1.807) is 0 Å². The van der Waals surface area contributed by atoms with Gasteiger partial charge in [0.05, 0.1) is 6.04 Å². The van der Waals surface area contributed by atoms with E-state index in [1.807, 2.05) is 7.05 Å². The molecular weight excluding hydrogens is 200 g/mol. The maximum absolute atomic E-state index is 12.4. The second-order valence-corrected chi connectivity index (χ2v) is 5.01. The van der Waals surface area contributed by atoms with Crippen LogP contribution in [0, 0.1) is 5.92 Å². The summed E-state index contributed by atoms with van der Waals surface area (Å²) < 4.78 is 0. The first kappa shape index (κ1) is 11.6. The van der Waals surface area contributed by atoms with Crippen LogP contribution in [-0.2, 0) is 4.79 Å². The number of likely N-dealkylation sites (tertiary alicyclic amines) is 1. The summed E-state index contributed by atoms with van der Waals surface area (Å²) in [6.45, 7) is 3.11. The first-order valence-electron chi connectivity index (χ1n) is 6.36. The summed E-state index contributed by atoms with van der Waals surface area (Å²) in [7, 11) is 1.90. The van der Waals surface area contributed by atoms with Crippen molar-refractivity contribution in [2.75, 3.05) is 13.6 Å². The van der Waals surface area contributed by atoms with Crippen molar-refractivity contribution < 1.29 is 4.79 Å². The Bertz CT molecular complexity index is 280. The number of rotatable bonds is 2. The van der Waals surface area contributed by atoms with Gasteiger partial charge < -0.3 is 10.2 Å². The highest BCUT2D eigenvalue weighted by Gasteiger charge is 2.34. The summed E-state index contributed by atoms with van der Waals surface area (Å²) in [6.07, 6.45) is 8.75. The lowest BCUT2D eigenvalue weighted by molar-refractivity contribution is -0.135. The summed E-state index contributed by atoms with van der Waals surface area (Å²) in [5.41, 5.74) is 0. The topological polar surface area (TPSA) is 32.3 Å². The maximum atomic E-state index is 12.4. The van der Waals surface area contributed by atoms with Crippen molar-refractivity contribution >= 4 is 5.91 Å². The standard InChI is InChI=1S/C13H22N2O/c1-10-6-5-9-15(11-7-3-4-8-11)13(16)12(10)14-2/h3-4,10-12,14H,5-9H2,1-2H3. The van der Waals surface area contributed by atoms with Gasteiger partial charge in [0, 0.05) is 12.6 Å². The van der Waals surface area contributed by atoms with E-state index in [2.05, 4.69) is 29.3 Å². The van der Waals surface area contributed by atoms with Gasteiger partial charge in [-0.05, 0) is 38.6 Å². The minimum absolute atomic E-state index is 0.0168. The van der Waals surface area contributed by atoms with Gasteiger partial charge in [0.1, 0.15) is 0 Å². The molecule has 1 saturated heterocycles. The average Bonchev–Trinajstić information content (AvgIpc) is 2.74. The van der Waals surface area contributed by atoms with E-state index in [4.69, 9.17) is 0 Å². The van der Waals surface area contributed by atoms with Gasteiger partial charge >= 0.3 is 0 Å². The number of amides is 1. The number of nitrogens with zero attached hydrogens (tertiary/aromatic N) is 1. The second kappa shape index (κ2) is 5.00. The van der Waals surface area contributed by atoms with Crippen LogP contribution in [0.1, 0.15) is 32.6 Å². The molecule has 1 N–H and O–H groups in total. The largest absolute Gasteiger partial charge is 0.338 e. The Morgan fingerprint density at radius 3 is 2.69 bits per heavy atom. The van der Waals surface area contributed by atoms with Crippen LogP contribution in [-0.4, -0.2) is 36.5 Å². The summed E-state index contributed by atoms with van der Waals surface area (Å²) in [5, 5.41) is 3.19. The van der Waals surface area contributed by atoms with Crippen molar-refractivity contribution in [1.82, 2.24) is 10.2 Å². The molecule has 0 aromatic heterocycles. The predicted molar refractivity (Wildman–Crippen MR) is 65.1 cm³/mol. The Labute approximate surface area is 97.9 Å². The summed E-state index contributed by atoms with van der Waals surface area (Å²) in [6, 6.07) is 0.441. The number of carbonyl (C=O) groups is 1. The third kappa shape index (κ3) is 2.14. The SMILES string of the molecule is CNC1C(=O)N(C2CC=CC2)CCCC1C. The van der Waals surface area contributed by atoms with Crippen molar-refractivity contribution in [2.24, 2.45) is 5.92 Å². The molecule has 1 aliphatic carbocycles. The van der Waals surface area contributed by atoms with E-state index in [0.29, 0.717) is 17.9 Å². The van der Waals surface area contributed by atoms with Gasteiger partial charge in [0.2, 0.25) is 5.91 Å². The first-order valence-corrected chi connectivity index (χ1v) is 6.36. The first-order chi connectivity index (χ1) is 7.74. The molecule has 2 rings (SSSR count). The van der Waals surface area contributed by atoms with Gasteiger partial charge in [-0.2, -0.15) is 0 Å². The quantitative estimate of drug-likeness (QED) is 0.719. The Morgan fingerprint density at radius 1 is 1.38 bits per heavy atom. The van der Waals surface area contributed by atoms with Crippen molar-refractivity contribution in [1.29, 1.82) is 0 Å². The molecule has 16 heavy (non-hydrogen) atoms. The molecule has 0 aromatic rings. The zero-order valence-corrected chi connectivity index (χ0v) is 10.3. The van der Waals surface area contributed by atoms with Crippen LogP contribution < -0.4 is 5.32 Å². The van der Waals surface area contributed by atoms with Crippen LogP contribution >= 0.6 is 0 Å². The van der Waals surface area contributed by atoms with Crippen molar-refractivity contribution in [3.8, 4) is 0 Å². The van der Waals surface area contributed by atoms with Gasteiger partial charge in [-0.15, -0.1) is 0 Å². The molecule has 1 heterocycles. The molecule has 90 valence electrons. The van der Waals surface area contributed by atoms with Crippen LogP contribution in [0.15, 0.2) is 12.2 Å². The fourth-order valence-electron chi connectivity index (χ4n) is 2.91. The van der Waals surface area contributed by atoms with E-state index in [0.717, 1.165) is 32.2 Å². The number of carbonyl (C=O) groups excluding carboxylic acids is 1. The van der Waals surface area contributed by atoms with E-state index >= 15 is 0 Å². The van der Waals surface area contributed by atoms with Crippen LogP contribution in [0.3, 0.4) is 0 Å². The third-order valence-electron chi connectivity index (χ3n) is 3.91. The number of likely N-dealkylation sites (N-methyl/N-ethyl adjacent to an activating group) is 1. The second-order valence-electron chi connectivity index (χ2n) is 5.01. The Kier molecular flexibility index (Phi) is 3.64. The van der Waals surface area contributed by atoms with Gasteiger partial charge in [-0.3, -0.25) is 4.79 Å². The van der Waals surface area contributed by atoms with Crippen molar-refractivity contribution in [3.63, 3.8) is 0 Å². The molecule has 3 nitrogen and oxygen atoms in total. The van der Waals surface area contributed by atoms with Gasteiger partial charge in [-0.25, -0.2) is 0 Å². The minimum Gasteiger partial charge on any atom is -0.338 e. The molecule has 2 unspecified atom stereocenters. The lowest BCUT2D eigenvalue weighted by atomic mass is 9.97. The van der Waals surface area contributed by atoms with E-state index in [1.165, 1.54) is 0 Å². The molecule has 1 amide bonds.